The molecule has 0 aliphatic carbocycles. The van der Waals surface area contributed by atoms with E-state index >= 15 is 0 Å². The van der Waals surface area contributed by atoms with E-state index in [0.29, 0.717) is 29.2 Å². The van der Waals surface area contributed by atoms with E-state index in [9.17, 15) is 27.6 Å². The van der Waals surface area contributed by atoms with Crippen molar-refractivity contribution >= 4 is 35.2 Å². The highest BCUT2D eigenvalue weighted by atomic mass is 32.1. The summed E-state index contributed by atoms with van der Waals surface area (Å²) < 4.78 is 37.7. The van der Waals surface area contributed by atoms with Crippen LogP contribution >= 0.6 is 11.3 Å². The molecule has 1 aliphatic rings. The first kappa shape index (κ1) is 22.5. The molecule has 1 aromatic carbocycles. The Morgan fingerprint density at radius 2 is 1.94 bits per heavy atom. The van der Waals surface area contributed by atoms with Crippen LogP contribution in [0.1, 0.15) is 26.7 Å². The molecule has 31 heavy (non-hydrogen) atoms. The number of rotatable bonds is 6. The molecular weight excluding hydrogens is 435 g/mol. The highest BCUT2D eigenvalue weighted by molar-refractivity contribution is 7.11. The lowest BCUT2D eigenvalue weighted by Crippen LogP contribution is -2.42. The van der Waals surface area contributed by atoms with Crippen LogP contribution < -0.4 is 5.32 Å². The molecule has 2 aromatic rings. The number of alkyl halides is 3. The van der Waals surface area contributed by atoms with Crippen molar-refractivity contribution in [3.05, 3.63) is 57.0 Å². The molecule has 11 heteroatoms. The summed E-state index contributed by atoms with van der Waals surface area (Å²) in [4.78, 5) is 41.9. The lowest BCUT2D eigenvalue weighted by Gasteiger charge is -2.26. The Hall–Kier alpha value is -3.21. The average molecular weight is 453 g/mol. The van der Waals surface area contributed by atoms with Crippen molar-refractivity contribution < 1.29 is 32.7 Å². The van der Waals surface area contributed by atoms with Crippen LogP contribution in [0.15, 0.2) is 30.3 Å². The minimum atomic E-state index is -4.43. The molecule has 2 N–H and O–H groups in total. The van der Waals surface area contributed by atoms with Crippen molar-refractivity contribution in [1.82, 2.24) is 15.2 Å². The summed E-state index contributed by atoms with van der Waals surface area (Å²) in [5.74, 6) is -1.83. The van der Waals surface area contributed by atoms with Crippen LogP contribution in [-0.2, 0) is 39.9 Å². The van der Waals surface area contributed by atoms with Gasteiger partial charge in [-0.05, 0) is 23.8 Å². The summed E-state index contributed by atoms with van der Waals surface area (Å²) >= 11 is 1.33. The Balaban J connectivity index is 1.49. The fourth-order valence-corrected chi connectivity index (χ4v) is 4.02. The Labute approximate surface area is 179 Å². The normalized spacial score (nSPS) is 13.8. The minimum Gasteiger partial charge on any atom is -0.481 e. The number of halogens is 3. The Kier molecular flexibility index (Phi) is 6.74. The number of fused-ring (bicyclic) bond motifs is 1. The Morgan fingerprint density at radius 3 is 2.58 bits per heavy atom. The largest absolute Gasteiger partial charge is 0.481 e. The number of aromatic nitrogens is 1. The highest BCUT2D eigenvalue weighted by Gasteiger charge is 2.29. The summed E-state index contributed by atoms with van der Waals surface area (Å²) in [6.45, 7) is 0.455. The van der Waals surface area contributed by atoms with E-state index in [2.05, 4.69) is 10.3 Å². The number of carbonyl (C=O) groups is 3. The molecule has 0 radical (unpaired) electrons. The van der Waals surface area contributed by atoms with Gasteiger partial charge in [0, 0.05) is 23.9 Å². The molecule has 0 fully saturated rings. The van der Waals surface area contributed by atoms with Crippen LogP contribution in [0.4, 0.5) is 13.2 Å². The molecule has 2 heterocycles. The van der Waals surface area contributed by atoms with E-state index in [1.807, 2.05) is 0 Å². The molecule has 0 saturated heterocycles. The fraction of sp³-hybridized carbons (Fsp3) is 0.300. The number of thiazole rings is 1. The number of nitrogens with zero attached hydrogens (tertiary/aromatic N) is 2. The van der Waals surface area contributed by atoms with E-state index in [4.69, 9.17) is 5.11 Å². The first-order valence-corrected chi connectivity index (χ1v) is 10.0. The number of carboxylic acids is 1. The van der Waals surface area contributed by atoms with E-state index in [-0.39, 0.29) is 25.4 Å². The first-order chi connectivity index (χ1) is 14.6. The second kappa shape index (κ2) is 9.29. The predicted octanol–water partition coefficient (Wildman–Crippen LogP) is 2.50. The third kappa shape index (κ3) is 6.14. The average Bonchev–Trinajstić information content (AvgIpc) is 3.10. The van der Waals surface area contributed by atoms with Crippen LogP contribution in [0.5, 0.6) is 0 Å². The van der Waals surface area contributed by atoms with E-state index in [1.165, 1.54) is 34.4 Å². The van der Waals surface area contributed by atoms with Crippen molar-refractivity contribution in [2.45, 2.75) is 25.6 Å². The Bertz CT molecular complexity index is 1020. The van der Waals surface area contributed by atoms with Gasteiger partial charge < -0.3 is 15.3 Å². The molecule has 2 amide bonds. The summed E-state index contributed by atoms with van der Waals surface area (Å²) in [6, 6.07) is 4.34. The molecular formula is C20H18F3N3O4S. The zero-order valence-corrected chi connectivity index (χ0v) is 16.9. The van der Waals surface area contributed by atoms with Gasteiger partial charge in [-0.3, -0.25) is 14.4 Å². The smallest absolute Gasteiger partial charge is 0.416 e. The second-order valence-corrected chi connectivity index (χ2v) is 7.95. The summed E-state index contributed by atoms with van der Waals surface area (Å²) in [5.41, 5.74) is 0.313. The molecule has 3 rings (SSSR count). The van der Waals surface area contributed by atoms with Gasteiger partial charge in [-0.1, -0.05) is 12.1 Å². The Morgan fingerprint density at radius 1 is 1.23 bits per heavy atom. The van der Waals surface area contributed by atoms with Gasteiger partial charge in [-0.25, -0.2) is 4.98 Å². The standard InChI is InChI=1S/C20H18F3N3O4S/c21-20(22,23)13-4-1-12(2-5-13)3-6-16(27)24-10-18(28)26-8-7-15-14(11-26)25-17(31-15)9-19(29)30/h1-6H,7-11H2,(H,24,27)(H,29,30)/b6-3+. The van der Waals surface area contributed by atoms with Gasteiger partial charge in [0.1, 0.15) is 5.01 Å². The predicted molar refractivity (Wildman–Crippen MR) is 106 cm³/mol. The zero-order chi connectivity index (χ0) is 22.6. The monoisotopic (exact) mass is 453 g/mol. The van der Waals surface area contributed by atoms with Gasteiger partial charge in [-0.2, -0.15) is 13.2 Å². The summed E-state index contributed by atoms with van der Waals surface area (Å²) in [5, 5.41) is 11.8. The maximum absolute atomic E-state index is 12.6. The quantitative estimate of drug-likeness (QED) is 0.655. The van der Waals surface area contributed by atoms with Crippen molar-refractivity contribution in [3.8, 4) is 0 Å². The molecule has 0 bridgehead atoms. The third-order valence-electron chi connectivity index (χ3n) is 4.51. The molecule has 0 unspecified atom stereocenters. The van der Waals surface area contributed by atoms with Gasteiger partial charge in [0.2, 0.25) is 11.8 Å². The number of hydrogen-bond acceptors (Lipinski definition) is 5. The van der Waals surface area contributed by atoms with Crippen molar-refractivity contribution in [2.24, 2.45) is 0 Å². The number of carboxylic acid groups (broad SMARTS) is 1. The SMILES string of the molecule is O=C(O)Cc1nc2c(s1)CCN(C(=O)CNC(=O)/C=C/c1ccc(C(F)(F)F)cc1)C2. The third-order valence-corrected chi connectivity index (χ3v) is 5.66. The van der Waals surface area contributed by atoms with Gasteiger partial charge in [-0.15, -0.1) is 11.3 Å². The van der Waals surface area contributed by atoms with Crippen LogP contribution in [0.2, 0.25) is 0 Å². The van der Waals surface area contributed by atoms with Gasteiger partial charge in [0.25, 0.3) is 0 Å². The lowest BCUT2D eigenvalue weighted by atomic mass is 10.1. The molecule has 0 spiro atoms. The number of benzene rings is 1. The maximum Gasteiger partial charge on any atom is 0.416 e. The minimum absolute atomic E-state index is 0.160. The number of carbonyl (C=O) groups excluding carboxylic acids is 2. The van der Waals surface area contributed by atoms with Crippen molar-refractivity contribution in [1.29, 1.82) is 0 Å². The lowest BCUT2D eigenvalue weighted by molar-refractivity contribution is -0.138. The molecule has 1 aromatic heterocycles. The van der Waals surface area contributed by atoms with Crippen molar-refractivity contribution in [3.63, 3.8) is 0 Å². The number of amides is 2. The molecule has 0 atom stereocenters. The van der Waals surface area contributed by atoms with E-state index in [1.54, 1.807) is 0 Å². The van der Waals surface area contributed by atoms with Crippen LogP contribution in [0.25, 0.3) is 6.08 Å². The number of hydrogen-bond donors (Lipinski definition) is 2. The van der Waals surface area contributed by atoms with Gasteiger partial charge in [0.15, 0.2) is 0 Å². The highest BCUT2D eigenvalue weighted by Crippen LogP contribution is 2.29. The van der Waals surface area contributed by atoms with Crippen LogP contribution in [-0.4, -0.2) is 45.9 Å². The molecule has 7 nitrogen and oxygen atoms in total. The molecule has 164 valence electrons. The van der Waals surface area contributed by atoms with Gasteiger partial charge >= 0.3 is 12.1 Å². The molecule has 1 aliphatic heterocycles. The zero-order valence-electron chi connectivity index (χ0n) is 16.1. The van der Waals surface area contributed by atoms with Gasteiger partial charge in [0.05, 0.1) is 30.8 Å². The van der Waals surface area contributed by atoms with Crippen LogP contribution in [0, 0.1) is 0 Å². The second-order valence-electron chi connectivity index (χ2n) is 6.78. The molecule has 0 saturated carbocycles. The van der Waals surface area contributed by atoms with E-state index < -0.39 is 23.6 Å². The summed E-state index contributed by atoms with van der Waals surface area (Å²) in [6.07, 6.45) is -1.52. The maximum atomic E-state index is 12.6. The fourth-order valence-electron chi connectivity index (χ4n) is 2.96. The summed E-state index contributed by atoms with van der Waals surface area (Å²) in [7, 11) is 0. The number of aliphatic carboxylic acids is 1. The van der Waals surface area contributed by atoms with Crippen molar-refractivity contribution in [2.75, 3.05) is 13.1 Å². The first-order valence-electron chi connectivity index (χ1n) is 9.22. The topological polar surface area (TPSA) is 99.6 Å². The van der Waals surface area contributed by atoms with E-state index in [0.717, 1.165) is 23.1 Å². The number of nitrogens with one attached hydrogen (secondary N) is 1. The van der Waals surface area contributed by atoms with Crippen LogP contribution in [0.3, 0.4) is 0 Å².